The summed E-state index contributed by atoms with van der Waals surface area (Å²) in [5.74, 6) is 1.30. The maximum atomic E-state index is 11.3. The van der Waals surface area contributed by atoms with Crippen LogP contribution in [0.3, 0.4) is 0 Å². The topological polar surface area (TPSA) is 29.5 Å². The molecular weight excluding hydrogens is 322 g/mol. The molecule has 1 heterocycles. The van der Waals surface area contributed by atoms with Gasteiger partial charge in [-0.3, -0.25) is 4.79 Å². The fraction of sp³-hybridized carbons (Fsp3) is 0.348. The third-order valence-corrected chi connectivity index (χ3v) is 4.72. The van der Waals surface area contributed by atoms with Gasteiger partial charge in [0.2, 0.25) is 0 Å². The van der Waals surface area contributed by atoms with E-state index in [0.717, 1.165) is 17.6 Å². The minimum Gasteiger partial charge on any atom is -0.493 e. The zero-order valence-electron chi connectivity index (χ0n) is 16.0. The van der Waals surface area contributed by atoms with Gasteiger partial charge in [-0.05, 0) is 49.6 Å². The molecule has 0 aliphatic carbocycles. The molecule has 0 amide bonds. The first-order chi connectivity index (χ1) is 12.4. The highest BCUT2D eigenvalue weighted by molar-refractivity contribution is 5.76. The van der Waals surface area contributed by atoms with Crippen LogP contribution in [0.5, 0.6) is 5.75 Å². The van der Waals surface area contributed by atoms with Gasteiger partial charge < -0.3 is 9.64 Å². The van der Waals surface area contributed by atoms with Crippen LogP contribution in [0, 0.1) is 5.92 Å². The number of aldehydes is 1. The molecule has 3 nitrogen and oxygen atoms in total. The number of nitrogens with zero attached hydrogens (tertiary/aromatic N) is 1. The fourth-order valence-electron chi connectivity index (χ4n) is 3.22. The van der Waals surface area contributed by atoms with E-state index in [-0.39, 0.29) is 5.54 Å². The molecule has 1 aliphatic heterocycles. The first-order valence-corrected chi connectivity index (χ1v) is 9.17. The molecule has 0 aromatic heterocycles. The van der Waals surface area contributed by atoms with Crippen molar-refractivity contribution in [1.29, 1.82) is 0 Å². The van der Waals surface area contributed by atoms with Crippen LogP contribution in [0.25, 0.3) is 6.08 Å². The van der Waals surface area contributed by atoms with E-state index in [0.29, 0.717) is 24.6 Å². The van der Waals surface area contributed by atoms with Gasteiger partial charge in [0.05, 0.1) is 12.1 Å². The number of ether oxygens (including phenoxy) is 1. The van der Waals surface area contributed by atoms with Crippen molar-refractivity contribution in [2.75, 3.05) is 11.5 Å². The lowest BCUT2D eigenvalue weighted by Crippen LogP contribution is -2.44. The summed E-state index contributed by atoms with van der Waals surface area (Å²) in [6.07, 6.45) is 5.31. The molecule has 0 saturated heterocycles. The molecule has 1 aliphatic rings. The van der Waals surface area contributed by atoms with Crippen molar-refractivity contribution < 1.29 is 9.53 Å². The SMILES string of the molecule is CC(C)COc1ccc(C=O)cc1CN1c2ccccc2C=CC1(C)C. The van der Waals surface area contributed by atoms with Crippen LogP contribution in [0.4, 0.5) is 5.69 Å². The molecule has 0 fully saturated rings. The van der Waals surface area contributed by atoms with E-state index in [1.54, 1.807) is 0 Å². The van der Waals surface area contributed by atoms with Crippen molar-refractivity contribution in [2.24, 2.45) is 5.92 Å². The smallest absolute Gasteiger partial charge is 0.150 e. The maximum Gasteiger partial charge on any atom is 0.150 e. The van der Waals surface area contributed by atoms with Crippen molar-refractivity contribution in [3.63, 3.8) is 0 Å². The van der Waals surface area contributed by atoms with Crippen molar-refractivity contribution in [3.8, 4) is 5.75 Å². The number of hydrogen-bond acceptors (Lipinski definition) is 3. The van der Waals surface area contributed by atoms with Gasteiger partial charge in [-0.2, -0.15) is 0 Å². The Morgan fingerprint density at radius 2 is 1.92 bits per heavy atom. The van der Waals surface area contributed by atoms with Crippen LogP contribution in [0.15, 0.2) is 48.5 Å². The Kier molecular flexibility index (Phi) is 5.17. The molecule has 26 heavy (non-hydrogen) atoms. The monoisotopic (exact) mass is 349 g/mol. The van der Waals surface area contributed by atoms with Crippen molar-refractivity contribution in [3.05, 3.63) is 65.2 Å². The van der Waals surface area contributed by atoms with Crippen LogP contribution < -0.4 is 9.64 Å². The van der Waals surface area contributed by atoms with Gasteiger partial charge in [-0.25, -0.2) is 0 Å². The molecule has 136 valence electrons. The van der Waals surface area contributed by atoms with Crippen LogP contribution in [-0.4, -0.2) is 18.4 Å². The van der Waals surface area contributed by atoms with E-state index in [1.807, 2.05) is 18.2 Å². The molecule has 0 spiro atoms. The zero-order chi connectivity index (χ0) is 18.7. The first-order valence-electron chi connectivity index (χ1n) is 9.17. The van der Waals surface area contributed by atoms with Gasteiger partial charge >= 0.3 is 0 Å². The fourth-order valence-corrected chi connectivity index (χ4v) is 3.22. The molecule has 0 bridgehead atoms. The number of carbonyl (C=O) groups is 1. The summed E-state index contributed by atoms with van der Waals surface area (Å²) in [5.41, 5.74) is 4.00. The second kappa shape index (κ2) is 7.36. The lowest BCUT2D eigenvalue weighted by molar-refractivity contribution is 0.112. The van der Waals surface area contributed by atoms with Crippen molar-refractivity contribution >= 4 is 18.0 Å². The van der Waals surface area contributed by atoms with Crippen molar-refractivity contribution in [1.82, 2.24) is 0 Å². The Morgan fingerprint density at radius 3 is 2.65 bits per heavy atom. The third kappa shape index (κ3) is 3.82. The normalized spacial score (nSPS) is 15.0. The molecule has 0 radical (unpaired) electrons. The number of anilines is 1. The molecule has 2 aromatic carbocycles. The number of rotatable bonds is 6. The van der Waals surface area contributed by atoms with E-state index in [1.165, 1.54) is 11.3 Å². The van der Waals surface area contributed by atoms with Crippen molar-refractivity contribution in [2.45, 2.75) is 39.8 Å². The van der Waals surface area contributed by atoms with E-state index in [9.17, 15) is 4.79 Å². The minimum atomic E-state index is -0.124. The Morgan fingerprint density at radius 1 is 1.15 bits per heavy atom. The highest BCUT2D eigenvalue weighted by Gasteiger charge is 2.29. The number of benzene rings is 2. The summed E-state index contributed by atoms with van der Waals surface area (Å²) < 4.78 is 6.04. The summed E-state index contributed by atoms with van der Waals surface area (Å²) in [7, 11) is 0. The van der Waals surface area contributed by atoms with Crippen LogP contribution in [0.2, 0.25) is 0 Å². The van der Waals surface area contributed by atoms with Gasteiger partial charge in [-0.1, -0.05) is 44.2 Å². The first kappa shape index (κ1) is 18.2. The summed E-state index contributed by atoms with van der Waals surface area (Å²) in [6, 6.07) is 14.1. The Hall–Kier alpha value is -2.55. The zero-order valence-corrected chi connectivity index (χ0v) is 16.0. The molecule has 0 saturated carbocycles. The number of fused-ring (bicyclic) bond motifs is 1. The maximum absolute atomic E-state index is 11.3. The molecule has 0 unspecified atom stereocenters. The standard InChI is InChI=1S/C23H27NO2/c1-17(2)16-26-22-10-9-18(15-25)13-20(22)14-24-21-8-6-5-7-19(21)11-12-23(24,3)4/h5-13,15,17H,14,16H2,1-4H3. The van der Waals surface area contributed by atoms with Gasteiger partial charge in [0, 0.05) is 23.4 Å². The van der Waals surface area contributed by atoms with E-state index < -0.39 is 0 Å². The van der Waals surface area contributed by atoms with Gasteiger partial charge in [0.25, 0.3) is 0 Å². The molecule has 3 rings (SSSR count). The Labute approximate surface area is 156 Å². The predicted octanol–water partition coefficient (Wildman–Crippen LogP) is 5.35. The molecule has 2 aromatic rings. The minimum absolute atomic E-state index is 0.124. The number of carbonyl (C=O) groups excluding carboxylic acids is 1. The van der Waals surface area contributed by atoms with E-state index in [4.69, 9.17) is 4.74 Å². The van der Waals surface area contributed by atoms with Crippen LogP contribution >= 0.6 is 0 Å². The van der Waals surface area contributed by atoms with Gasteiger partial charge in [-0.15, -0.1) is 0 Å². The molecular formula is C23H27NO2. The third-order valence-electron chi connectivity index (χ3n) is 4.72. The lowest BCUT2D eigenvalue weighted by atomic mass is 9.92. The molecule has 3 heteroatoms. The van der Waals surface area contributed by atoms with E-state index >= 15 is 0 Å². The summed E-state index contributed by atoms with van der Waals surface area (Å²) in [6.45, 7) is 10.0. The predicted molar refractivity (Wildman–Crippen MR) is 108 cm³/mol. The largest absolute Gasteiger partial charge is 0.493 e. The average Bonchev–Trinajstić information content (AvgIpc) is 2.62. The number of hydrogen-bond donors (Lipinski definition) is 0. The number of para-hydroxylation sites is 1. The molecule has 0 N–H and O–H groups in total. The van der Waals surface area contributed by atoms with Crippen LogP contribution in [0.1, 0.15) is 49.2 Å². The molecule has 0 atom stereocenters. The Bertz CT molecular complexity index is 821. The van der Waals surface area contributed by atoms with Gasteiger partial charge in [0.1, 0.15) is 12.0 Å². The van der Waals surface area contributed by atoms with Gasteiger partial charge in [0.15, 0.2) is 0 Å². The lowest BCUT2D eigenvalue weighted by Gasteiger charge is -2.42. The van der Waals surface area contributed by atoms with Crippen LogP contribution in [-0.2, 0) is 6.54 Å². The summed E-state index contributed by atoms with van der Waals surface area (Å²) in [4.78, 5) is 13.7. The second-order valence-corrected chi connectivity index (χ2v) is 7.82. The highest BCUT2D eigenvalue weighted by atomic mass is 16.5. The quantitative estimate of drug-likeness (QED) is 0.659. The average molecular weight is 349 g/mol. The summed E-state index contributed by atoms with van der Waals surface area (Å²) in [5, 5.41) is 0. The second-order valence-electron chi connectivity index (χ2n) is 7.82. The highest BCUT2D eigenvalue weighted by Crippen LogP contribution is 2.37. The summed E-state index contributed by atoms with van der Waals surface area (Å²) >= 11 is 0. The van der Waals surface area contributed by atoms with E-state index in [2.05, 4.69) is 69.0 Å². The Balaban J connectivity index is 1.98.